The first-order valence-electron chi connectivity index (χ1n) is 9.74. The van der Waals surface area contributed by atoms with Gasteiger partial charge >= 0.3 is 0 Å². The van der Waals surface area contributed by atoms with Crippen molar-refractivity contribution < 1.29 is 9.59 Å². The van der Waals surface area contributed by atoms with Crippen LogP contribution in [0.5, 0.6) is 0 Å². The van der Waals surface area contributed by atoms with Crippen molar-refractivity contribution in [1.29, 1.82) is 0 Å². The van der Waals surface area contributed by atoms with Gasteiger partial charge in [0.15, 0.2) is 0 Å². The largest absolute Gasteiger partial charge is 0.355 e. The van der Waals surface area contributed by atoms with E-state index in [1.54, 1.807) is 6.92 Å². The molecule has 2 saturated heterocycles. The number of likely N-dealkylation sites (tertiary alicyclic amines) is 2. The second kappa shape index (κ2) is 8.66. The van der Waals surface area contributed by atoms with Gasteiger partial charge in [0.2, 0.25) is 11.8 Å². The Morgan fingerprint density at radius 1 is 1.15 bits per heavy atom. The predicted molar refractivity (Wildman–Crippen MR) is 99.4 cm³/mol. The highest BCUT2D eigenvalue weighted by Crippen LogP contribution is 2.26. The molecule has 3 rings (SSSR count). The van der Waals surface area contributed by atoms with E-state index in [0.29, 0.717) is 31.0 Å². The zero-order valence-electron chi connectivity index (χ0n) is 15.9. The summed E-state index contributed by atoms with van der Waals surface area (Å²) in [6.07, 6.45) is 8.59. The van der Waals surface area contributed by atoms with E-state index in [2.05, 4.69) is 22.4 Å². The minimum atomic E-state index is 0.0101. The number of nitrogens with one attached hydrogen (secondary N) is 1. The van der Waals surface area contributed by atoms with Gasteiger partial charge in [-0.15, -0.1) is 0 Å². The molecule has 1 N–H and O–H groups in total. The molecular weight excluding hydrogens is 330 g/mol. The quantitative estimate of drug-likeness (QED) is 0.824. The van der Waals surface area contributed by atoms with Crippen molar-refractivity contribution in [2.45, 2.75) is 57.7 Å². The molecule has 0 spiro atoms. The average molecular weight is 361 g/mol. The van der Waals surface area contributed by atoms with Crippen LogP contribution in [0.1, 0.15) is 39.0 Å². The minimum absolute atomic E-state index is 0.0101. The summed E-state index contributed by atoms with van der Waals surface area (Å²) >= 11 is 0. The molecule has 1 aromatic heterocycles. The van der Waals surface area contributed by atoms with Crippen LogP contribution in [0.3, 0.4) is 0 Å². The van der Waals surface area contributed by atoms with Gasteiger partial charge in [-0.05, 0) is 44.7 Å². The molecule has 2 fully saturated rings. The highest BCUT2D eigenvalue weighted by molar-refractivity contribution is 5.77. The zero-order chi connectivity index (χ0) is 18.5. The van der Waals surface area contributed by atoms with Gasteiger partial charge in [0.05, 0.1) is 0 Å². The van der Waals surface area contributed by atoms with E-state index in [-0.39, 0.29) is 11.8 Å². The molecule has 0 saturated carbocycles. The van der Waals surface area contributed by atoms with E-state index in [4.69, 9.17) is 0 Å². The average Bonchev–Trinajstić information content (AvgIpc) is 3.24. The lowest BCUT2D eigenvalue weighted by Gasteiger charge is -2.33. The summed E-state index contributed by atoms with van der Waals surface area (Å²) in [6, 6.07) is 2.59. The Balaban J connectivity index is 1.41. The molecule has 0 bridgehead atoms. The third-order valence-electron chi connectivity index (χ3n) is 5.95. The normalized spacial score (nSPS) is 24.8. The summed E-state index contributed by atoms with van der Waals surface area (Å²) in [7, 11) is 2.08. The molecule has 2 aliphatic heterocycles. The summed E-state index contributed by atoms with van der Waals surface area (Å²) in [5, 5.41) is 7.17. The fourth-order valence-corrected chi connectivity index (χ4v) is 4.21. The van der Waals surface area contributed by atoms with Gasteiger partial charge in [-0.1, -0.05) is 0 Å². The van der Waals surface area contributed by atoms with Gasteiger partial charge in [0.25, 0.3) is 0 Å². The Morgan fingerprint density at radius 2 is 1.88 bits per heavy atom. The second-order valence-electron chi connectivity index (χ2n) is 7.74. The van der Waals surface area contributed by atoms with E-state index >= 15 is 0 Å². The smallest absolute Gasteiger partial charge is 0.224 e. The van der Waals surface area contributed by atoms with Crippen LogP contribution in [0.15, 0.2) is 18.5 Å². The van der Waals surface area contributed by atoms with Crippen LogP contribution in [0.25, 0.3) is 0 Å². The molecule has 2 atom stereocenters. The van der Waals surface area contributed by atoms with Crippen LogP contribution in [0.2, 0.25) is 0 Å². The van der Waals surface area contributed by atoms with Gasteiger partial charge < -0.3 is 10.2 Å². The number of hydrogen-bond acceptors (Lipinski definition) is 4. The Labute approximate surface area is 155 Å². The molecule has 1 aromatic rings. The molecule has 0 aromatic carbocycles. The first-order chi connectivity index (χ1) is 12.5. The molecular formula is C19H31N5O2. The minimum Gasteiger partial charge on any atom is -0.355 e. The predicted octanol–water partition coefficient (Wildman–Crippen LogP) is 1.11. The number of carbonyl (C=O) groups excluding carboxylic acids is 2. The third kappa shape index (κ3) is 4.84. The number of nitrogens with zero attached hydrogens (tertiary/aromatic N) is 4. The van der Waals surface area contributed by atoms with Crippen LogP contribution in [0.4, 0.5) is 0 Å². The van der Waals surface area contributed by atoms with E-state index in [1.807, 2.05) is 28.0 Å². The maximum Gasteiger partial charge on any atom is 0.224 e. The van der Waals surface area contributed by atoms with Crippen LogP contribution >= 0.6 is 0 Å². The maximum atomic E-state index is 12.7. The Hall–Kier alpha value is -1.89. The van der Waals surface area contributed by atoms with E-state index in [1.165, 1.54) is 0 Å². The molecule has 7 heteroatoms. The Kier molecular flexibility index (Phi) is 6.29. The third-order valence-corrected chi connectivity index (χ3v) is 5.95. The van der Waals surface area contributed by atoms with Crippen molar-refractivity contribution in [3.63, 3.8) is 0 Å². The number of hydrogen-bond donors (Lipinski definition) is 1. The standard InChI is InChI=1S/C19H31N5O2/c1-15(25)20-13-18-5-4-17(22(18)2)12-19(26)23-10-6-16(7-11-23)14-24-9-3-8-21-24/h3,8-9,16-18H,4-7,10-14H2,1-2H3,(H,20,25)/t17-,18+/m0/s1. The first-order valence-corrected chi connectivity index (χ1v) is 9.74. The fraction of sp³-hybridized carbons (Fsp3) is 0.737. The van der Waals surface area contributed by atoms with Gasteiger partial charge in [0.1, 0.15) is 0 Å². The molecule has 2 amide bonds. The monoisotopic (exact) mass is 361 g/mol. The lowest BCUT2D eigenvalue weighted by atomic mass is 9.96. The van der Waals surface area contributed by atoms with Crippen molar-refractivity contribution in [2.75, 3.05) is 26.7 Å². The van der Waals surface area contributed by atoms with Crippen LogP contribution in [0, 0.1) is 5.92 Å². The van der Waals surface area contributed by atoms with Crippen molar-refractivity contribution >= 4 is 11.8 Å². The number of likely N-dealkylation sites (N-methyl/N-ethyl adjacent to an activating group) is 1. The van der Waals surface area contributed by atoms with Crippen LogP contribution in [-0.4, -0.2) is 70.2 Å². The number of rotatable bonds is 6. The molecule has 3 heterocycles. The van der Waals surface area contributed by atoms with Gasteiger partial charge in [-0.25, -0.2) is 0 Å². The van der Waals surface area contributed by atoms with E-state index in [9.17, 15) is 9.59 Å². The number of aromatic nitrogens is 2. The Bertz CT molecular complexity index is 595. The van der Waals surface area contributed by atoms with Gasteiger partial charge in [0, 0.05) is 64.0 Å². The Morgan fingerprint density at radius 3 is 2.54 bits per heavy atom. The van der Waals surface area contributed by atoms with Crippen molar-refractivity contribution in [1.82, 2.24) is 24.9 Å². The van der Waals surface area contributed by atoms with Gasteiger partial charge in [-0.2, -0.15) is 5.10 Å². The SMILES string of the molecule is CC(=O)NC[C@H]1CC[C@@H](CC(=O)N2CCC(Cn3cccn3)CC2)N1C. The van der Waals surface area contributed by atoms with Gasteiger partial charge in [-0.3, -0.25) is 19.2 Å². The molecule has 26 heavy (non-hydrogen) atoms. The molecule has 7 nitrogen and oxygen atoms in total. The van der Waals surface area contributed by atoms with Crippen LogP contribution < -0.4 is 5.32 Å². The van der Waals surface area contributed by atoms with Crippen molar-refractivity contribution in [3.05, 3.63) is 18.5 Å². The van der Waals surface area contributed by atoms with Crippen LogP contribution in [-0.2, 0) is 16.1 Å². The molecule has 2 aliphatic rings. The maximum absolute atomic E-state index is 12.7. The molecule has 0 aliphatic carbocycles. The summed E-state index contributed by atoms with van der Waals surface area (Å²) in [4.78, 5) is 28.1. The van der Waals surface area contributed by atoms with Crippen molar-refractivity contribution in [3.8, 4) is 0 Å². The van der Waals surface area contributed by atoms with E-state index < -0.39 is 0 Å². The lowest BCUT2D eigenvalue weighted by Crippen LogP contribution is -2.44. The topological polar surface area (TPSA) is 70.5 Å². The molecule has 144 valence electrons. The lowest BCUT2D eigenvalue weighted by molar-refractivity contribution is -0.133. The highest BCUT2D eigenvalue weighted by atomic mass is 16.2. The first kappa shape index (κ1) is 18.9. The number of carbonyl (C=O) groups is 2. The molecule has 0 unspecified atom stereocenters. The summed E-state index contributed by atoms with van der Waals surface area (Å²) < 4.78 is 1.99. The highest BCUT2D eigenvalue weighted by Gasteiger charge is 2.33. The van der Waals surface area contributed by atoms with E-state index in [0.717, 1.165) is 45.3 Å². The number of amides is 2. The molecule has 0 radical (unpaired) electrons. The van der Waals surface area contributed by atoms with Crippen molar-refractivity contribution in [2.24, 2.45) is 5.92 Å². The summed E-state index contributed by atoms with van der Waals surface area (Å²) in [6.45, 7) is 4.89. The summed E-state index contributed by atoms with van der Waals surface area (Å²) in [5.41, 5.74) is 0. The zero-order valence-corrected chi connectivity index (χ0v) is 15.9. The number of piperidine rings is 1. The fourth-order valence-electron chi connectivity index (χ4n) is 4.21. The second-order valence-corrected chi connectivity index (χ2v) is 7.74. The summed E-state index contributed by atoms with van der Waals surface area (Å²) in [5.74, 6) is 0.894.